The van der Waals surface area contributed by atoms with Gasteiger partial charge in [-0.05, 0) is 57.8 Å². The van der Waals surface area contributed by atoms with Gasteiger partial charge in [0.05, 0.1) is 36.9 Å². The minimum Gasteiger partial charge on any atom is -0.493 e. The number of rotatable bonds is 9. The fraction of sp³-hybridized carbons (Fsp3) is 0.294. The smallest absolute Gasteiger partial charge is 0.267 e. The number of aromatic nitrogens is 3. The molecule has 0 saturated carbocycles. The van der Waals surface area contributed by atoms with Crippen LogP contribution in [0.1, 0.15) is 20.9 Å². The molecule has 1 saturated heterocycles. The lowest BCUT2D eigenvalue weighted by Crippen LogP contribution is -2.61. The molecular weight excluding hydrogens is 649 g/mol. The molecule has 1 unspecified atom stereocenters. The molecule has 49 heavy (non-hydrogen) atoms. The van der Waals surface area contributed by atoms with Gasteiger partial charge < -0.3 is 35.4 Å². The molecule has 4 aromatic rings. The number of piperazine rings is 1. The number of ether oxygens (including phenoxy) is 1. The molecule has 0 spiro atoms. The fourth-order valence-corrected chi connectivity index (χ4v) is 6.37. The molecule has 2 aliphatic heterocycles. The average Bonchev–Trinajstić information content (AvgIpc) is 3.55. The molecule has 2 aliphatic rings. The molecule has 0 radical (unpaired) electrons. The van der Waals surface area contributed by atoms with E-state index in [1.54, 1.807) is 42.2 Å². The highest BCUT2D eigenvalue weighted by Crippen LogP contribution is 2.38. The van der Waals surface area contributed by atoms with Crippen molar-refractivity contribution < 1.29 is 23.5 Å². The number of nitrogens with zero attached hydrogens (tertiary/aromatic N) is 6. The van der Waals surface area contributed by atoms with E-state index in [9.17, 15) is 18.8 Å². The monoisotopic (exact) mass is 685 g/mol. The van der Waals surface area contributed by atoms with Crippen LogP contribution in [0, 0.1) is 19.7 Å². The lowest BCUT2D eigenvalue weighted by atomic mass is 10.0. The van der Waals surface area contributed by atoms with E-state index >= 15 is 0 Å². The summed E-state index contributed by atoms with van der Waals surface area (Å²) in [5, 5.41) is 9.12. The van der Waals surface area contributed by atoms with Crippen molar-refractivity contribution >= 4 is 57.2 Å². The Morgan fingerprint density at radius 2 is 2.00 bits per heavy atom. The molecule has 3 N–H and O–H groups in total. The van der Waals surface area contributed by atoms with Crippen LogP contribution in [0.5, 0.6) is 5.75 Å². The third-order valence-electron chi connectivity index (χ3n) is 8.22. The van der Waals surface area contributed by atoms with Crippen LogP contribution in [0.4, 0.5) is 32.5 Å². The van der Waals surface area contributed by atoms with Crippen LogP contribution in [0.25, 0.3) is 11.3 Å². The summed E-state index contributed by atoms with van der Waals surface area (Å²) >= 11 is 1.08. The molecule has 1 atom stereocenters. The molecule has 13 nitrogen and oxygen atoms in total. The zero-order chi connectivity index (χ0) is 34.8. The summed E-state index contributed by atoms with van der Waals surface area (Å²) in [6, 6.07) is 9.42. The van der Waals surface area contributed by atoms with Crippen molar-refractivity contribution in [3.05, 3.63) is 76.7 Å². The van der Waals surface area contributed by atoms with Crippen LogP contribution in [-0.2, 0) is 9.59 Å². The second-order valence-electron chi connectivity index (χ2n) is 11.9. The molecule has 5 heterocycles. The molecular formula is C34H36FN9O4S. The predicted molar refractivity (Wildman–Crippen MR) is 187 cm³/mol. The van der Waals surface area contributed by atoms with Gasteiger partial charge in [0, 0.05) is 37.0 Å². The fourth-order valence-electron chi connectivity index (χ4n) is 5.66. The quantitative estimate of drug-likeness (QED) is 0.216. The second kappa shape index (κ2) is 14.0. The maximum Gasteiger partial charge on any atom is 0.267 e. The van der Waals surface area contributed by atoms with Crippen molar-refractivity contribution in [2.75, 3.05) is 68.2 Å². The summed E-state index contributed by atoms with van der Waals surface area (Å²) in [6.07, 6.45) is 4.78. The minimum atomic E-state index is -0.555. The lowest BCUT2D eigenvalue weighted by molar-refractivity contribution is -0.128. The van der Waals surface area contributed by atoms with Gasteiger partial charge in [0.2, 0.25) is 11.8 Å². The number of hydrogen-bond acceptors (Lipinski definition) is 11. The van der Waals surface area contributed by atoms with Gasteiger partial charge in [0.15, 0.2) is 22.5 Å². The highest BCUT2D eigenvalue weighted by Gasteiger charge is 2.39. The normalized spacial score (nSPS) is 15.6. The number of thiazole rings is 1. The number of nitrogens with one attached hydrogen (secondary N) is 3. The molecule has 0 aliphatic carbocycles. The summed E-state index contributed by atoms with van der Waals surface area (Å²) in [7, 11) is 5.38. The van der Waals surface area contributed by atoms with Crippen molar-refractivity contribution in [3.8, 4) is 17.0 Å². The van der Waals surface area contributed by atoms with Crippen LogP contribution in [0.3, 0.4) is 0 Å². The van der Waals surface area contributed by atoms with Crippen molar-refractivity contribution in [3.63, 3.8) is 0 Å². The number of aryl methyl sites for hydroxylation is 2. The van der Waals surface area contributed by atoms with Gasteiger partial charge in [-0.3, -0.25) is 14.4 Å². The van der Waals surface area contributed by atoms with Crippen LogP contribution >= 0.6 is 11.3 Å². The number of carbonyl (C=O) groups is 3. The molecule has 254 valence electrons. The standard InChI is InChI=1S/C34H36FN9O4S/c1-19-8-6-9-22(35)29(19)40-33(47)27-17-36-34(49-27)41-30-26(48-5)12-11-23(38-30)21-16-24-31(37-20(21)2)44-15-14-43(18-25(44)32(46)39-24)28(45)10-7-13-42(3)4/h6-12,16-17,25H,13-15,18H2,1-5H3,(H,39,46)(H,40,47)(H,36,38,41)/b10-7+. The van der Waals surface area contributed by atoms with Gasteiger partial charge in [0.1, 0.15) is 16.7 Å². The van der Waals surface area contributed by atoms with E-state index in [0.29, 0.717) is 70.4 Å². The Labute approximate surface area is 286 Å². The van der Waals surface area contributed by atoms with Gasteiger partial charge in [-0.15, -0.1) is 0 Å². The predicted octanol–water partition coefficient (Wildman–Crippen LogP) is 4.45. The zero-order valence-corrected chi connectivity index (χ0v) is 28.5. The number of amides is 3. The Morgan fingerprint density at radius 1 is 1.18 bits per heavy atom. The second-order valence-corrected chi connectivity index (χ2v) is 13.0. The van der Waals surface area contributed by atoms with Gasteiger partial charge in [-0.2, -0.15) is 0 Å². The van der Waals surface area contributed by atoms with Crippen LogP contribution in [0.15, 0.2) is 54.7 Å². The number of pyridine rings is 2. The first-order valence-electron chi connectivity index (χ1n) is 15.6. The number of carbonyl (C=O) groups excluding carboxylic acids is 3. The van der Waals surface area contributed by atoms with E-state index in [1.807, 2.05) is 43.0 Å². The van der Waals surface area contributed by atoms with Crippen molar-refractivity contribution in [1.29, 1.82) is 0 Å². The van der Waals surface area contributed by atoms with Crippen LogP contribution in [0.2, 0.25) is 0 Å². The number of anilines is 5. The third kappa shape index (κ3) is 7.07. The minimum absolute atomic E-state index is 0.119. The Kier molecular flexibility index (Phi) is 9.56. The maximum atomic E-state index is 14.3. The van der Waals surface area contributed by atoms with E-state index in [0.717, 1.165) is 11.3 Å². The Bertz CT molecular complexity index is 1940. The van der Waals surface area contributed by atoms with E-state index in [1.165, 1.54) is 19.4 Å². The molecule has 15 heteroatoms. The topological polar surface area (TPSA) is 145 Å². The maximum absolute atomic E-state index is 14.3. The summed E-state index contributed by atoms with van der Waals surface area (Å²) in [4.78, 5) is 58.8. The highest BCUT2D eigenvalue weighted by atomic mass is 32.1. The van der Waals surface area contributed by atoms with Gasteiger partial charge in [-0.1, -0.05) is 29.5 Å². The average molecular weight is 686 g/mol. The first-order chi connectivity index (χ1) is 23.5. The Balaban J connectivity index is 1.20. The zero-order valence-electron chi connectivity index (χ0n) is 27.7. The van der Waals surface area contributed by atoms with E-state index < -0.39 is 17.8 Å². The van der Waals surface area contributed by atoms with E-state index in [2.05, 4.69) is 20.9 Å². The number of halogens is 1. The molecule has 3 aromatic heterocycles. The van der Waals surface area contributed by atoms with Crippen molar-refractivity contribution in [2.45, 2.75) is 19.9 Å². The summed E-state index contributed by atoms with van der Waals surface area (Å²) in [6.45, 7) is 5.43. The number of likely N-dealkylation sites (N-methyl/N-ethyl adjacent to an activating group) is 1. The summed E-state index contributed by atoms with van der Waals surface area (Å²) < 4.78 is 19.8. The van der Waals surface area contributed by atoms with Crippen molar-refractivity contribution in [1.82, 2.24) is 24.8 Å². The molecule has 6 rings (SSSR count). The Morgan fingerprint density at radius 3 is 2.76 bits per heavy atom. The summed E-state index contributed by atoms with van der Waals surface area (Å²) in [5.41, 5.74) is 3.23. The van der Waals surface area contributed by atoms with E-state index in [4.69, 9.17) is 14.7 Å². The van der Waals surface area contributed by atoms with Gasteiger partial charge in [-0.25, -0.2) is 19.3 Å². The van der Waals surface area contributed by atoms with Crippen molar-refractivity contribution in [2.24, 2.45) is 0 Å². The first-order valence-corrected chi connectivity index (χ1v) is 16.4. The molecule has 0 bridgehead atoms. The first kappa shape index (κ1) is 33.5. The SMILES string of the molecule is COc1ccc(-c2cc3c(nc2C)N2CCN(C(=O)/C=C/CN(C)C)CC2C(=O)N3)nc1Nc1ncc(C(=O)Nc2c(C)cccc2F)s1. The Hall–Kier alpha value is -5.41. The lowest BCUT2D eigenvalue weighted by Gasteiger charge is -2.44. The van der Waals surface area contributed by atoms with Gasteiger partial charge in [0.25, 0.3) is 5.91 Å². The number of hydrogen-bond donors (Lipinski definition) is 3. The third-order valence-corrected chi connectivity index (χ3v) is 9.13. The highest BCUT2D eigenvalue weighted by molar-refractivity contribution is 7.17. The van der Waals surface area contributed by atoms with Crippen LogP contribution in [-0.4, -0.2) is 95.9 Å². The number of fused-ring (bicyclic) bond motifs is 3. The van der Waals surface area contributed by atoms with Crippen LogP contribution < -0.4 is 25.6 Å². The summed E-state index contributed by atoms with van der Waals surface area (Å²) in [5.74, 6) is 0.0989. The number of benzene rings is 1. The largest absolute Gasteiger partial charge is 0.493 e. The number of para-hydroxylation sites is 1. The van der Waals surface area contributed by atoms with E-state index in [-0.39, 0.29) is 28.9 Å². The van der Waals surface area contributed by atoms with Gasteiger partial charge >= 0.3 is 0 Å². The molecule has 1 fully saturated rings. The molecule has 1 aromatic carbocycles. The molecule has 3 amide bonds. The number of methoxy groups -OCH3 is 1.